The first-order valence-electron chi connectivity index (χ1n) is 15.8. The summed E-state index contributed by atoms with van der Waals surface area (Å²) in [6, 6.07) is 57.0. The second-order valence-electron chi connectivity index (χ2n) is 11.9. The first-order chi connectivity index (χ1) is 23.3. The Balaban J connectivity index is 1.23. The summed E-state index contributed by atoms with van der Waals surface area (Å²) in [5, 5.41) is 6.16. The highest BCUT2D eigenvalue weighted by Crippen LogP contribution is 2.54. The Morgan fingerprint density at radius 3 is 2.02 bits per heavy atom. The standard InChI is InChI=1S/C43H26N2S2/c1-3-12-27(13-4-1)29-16-9-17-30(26-29)45(36-21-11-23-38-40(36)32-18-7-8-22-37(32)46-38)35-25-24-34-39-31(35)19-10-20-33(39)41-42(34)47-43(44-41)28-14-5-2-6-15-28/h1-26H. The van der Waals surface area contributed by atoms with Crippen molar-refractivity contribution in [2.75, 3.05) is 4.90 Å². The molecule has 7 aromatic carbocycles. The van der Waals surface area contributed by atoms with Gasteiger partial charge in [-0.2, -0.15) is 0 Å². The average molecular weight is 635 g/mol. The maximum absolute atomic E-state index is 5.21. The third-order valence-corrected chi connectivity index (χ3v) is 11.5. The fraction of sp³-hybridized carbons (Fsp3) is 0. The highest BCUT2D eigenvalue weighted by molar-refractivity contribution is 7.26. The molecule has 47 heavy (non-hydrogen) atoms. The minimum absolute atomic E-state index is 1.07. The molecule has 0 unspecified atom stereocenters. The van der Waals surface area contributed by atoms with Crippen molar-refractivity contribution < 1.29 is 0 Å². The zero-order valence-corrected chi connectivity index (χ0v) is 26.9. The van der Waals surface area contributed by atoms with Crippen molar-refractivity contribution in [3.8, 4) is 43.4 Å². The summed E-state index contributed by atoms with van der Waals surface area (Å²) in [5.74, 6) is 0. The van der Waals surface area contributed by atoms with Crippen molar-refractivity contribution in [3.63, 3.8) is 0 Å². The highest BCUT2D eigenvalue weighted by atomic mass is 32.1. The second-order valence-corrected chi connectivity index (χ2v) is 14.0. The van der Waals surface area contributed by atoms with Crippen molar-refractivity contribution in [2.45, 2.75) is 0 Å². The van der Waals surface area contributed by atoms with E-state index in [1.54, 1.807) is 11.3 Å². The lowest BCUT2D eigenvalue weighted by Crippen LogP contribution is -2.11. The van der Waals surface area contributed by atoms with Gasteiger partial charge >= 0.3 is 0 Å². The molecule has 2 nitrogen and oxygen atoms in total. The molecule has 0 bridgehead atoms. The molecule has 0 spiro atoms. The number of fused-ring (bicyclic) bond motifs is 6. The fourth-order valence-electron chi connectivity index (χ4n) is 7.17. The molecular formula is C43H26N2S2. The van der Waals surface area contributed by atoms with E-state index in [1.807, 2.05) is 11.3 Å². The van der Waals surface area contributed by atoms with Gasteiger partial charge in [-0.05, 0) is 47.5 Å². The van der Waals surface area contributed by atoms with E-state index in [2.05, 4.69) is 163 Å². The van der Waals surface area contributed by atoms with E-state index >= 15 is 0 Å². The van der Waals surface area contributed by atoms with Gasteiger partial charge in [0.25, 0.3) is 0 Å². The Morgan fingerprint density at radius 1 is 0.447 bits per heavy atom. The van der Waals surface area contributed by atoms with Crippen LogP contribution in [-0.4, -0.2) is 4.98 Å². The van der Waals surface area contributed by atoms with Crippen LogP contribution in [0.2, 0.25) is 0 Å². The Bertz CT molecular complexity index is 2610. The topological polar surface area (TPSA) is 16.1 Å². The van der Waals surface area contributed by atoms with Crippen LogP contribution in [0.25, 0.3) is 74.3 Å². The van der Waals surface area contributed by atoms with Crippen molar-refractivity contribution in [3.05, 3.63) is 158 Å². The predicted molar refractivity (Wildman–Crippen MR) is 202 cm³/mol. The second kappa shape index (κ2) is 10.5. The van der Waals surface area contributed by atoms with Crippen LogP contribution in [0, 0.1) is 0 Å². The zero-order chi connectivity index (χ0) is 30.9. The lowest BCUT2D eigenvalue weighted by Gasteiger charge is -2.28. The first kappa shape index (κ1) is 26.6. The molecule has 1 aliphatic rings. The van der Waals surface area contributed by atoms with Crippen LogP contribution in [0.15, 0.2) is 158 Å². The average Bonchev–Trinajstić information content (AvgIpc) is 3.83. The number of benzene rings is 7. The Kier molecular flexibility index (Phi) is 5.95. The van der Waals surface area contributed by atoms with Crippen LogP contribution in [-0.2, 0) is 0 Å². The number of nitrogens with zero attached hydrogens (tertiary/aromatic N) is 2. The van der Waals surface area contributed by atoms with Crippen LogP contribution in [0.5, 0.6) is 0 Å². The predicted octanol–water partition coefficient (Wildman–Crippen LogP) is 13.1. The largest absolute Gasteiger partial charge is 0.309 e. The summed E-state index contributed by atoms with van der Waals surface area (Å²) in [7, 11) is 0. The fourth-order valence-corrected chi connectivity index (χ4v) is 9.41. The Morgan fingerprint density at radius 2 is 1.15 bits per heavy atom. The van der Waals surface area contributed by atoms with Crippen molar-refractivity contribution in [1.29, 1.82) is 0 Å². The van der Waals surface area contributed by atoms with Crippen LogP contribution < -0.4 is 4.90 Å². The summed E-state index contributed by atoms with van der Waals surface area (Å²) in [6.07, 6.45) is 0. The van der Waals surface area contributed by atoms with Gasteiger partial charge in [-0.1, -0.05) is 121 Å². The molecule has 9 aromatic rings. The molecule has 220 valence electrons. The number of anilines is 3. The number of aromatic nitrogens is 1. The van der Waals surface area contributed by atoms with Gasteiger partial charge < -0.3 is 4.90 Å². The molecule has 0 amide bonds. The molecule has 0 N–H and O–H groups in total. The molecule has 10 rings (SSSR count). The van der Waals surface area contributed by atoms with Gasteiger partial charge in [-0.25, -0.2) is 4.98 Å². The molecule has 0 aliphatic heterocycles. The lowest BCUT2D eigenvalue weighted by atomic mass is 9.99. The number of hydrogen-bond donors (Lipinski definition) is 0. The maximum atomic E-state index is 5.21. The van der Waals surface area contributed by atoms with Gasteiger partial charge in [0.2, 0.25) is 0 Å². The van der Waals surface area contributed by atoms with E-state index in [0.29, 0.717) is 0 Å². The normalized spacial score (nSPS) is 11.8. The summed E-state index contributed by atoms with van der Waals surface area (Å²) in [4.78, 5) is 8.94. The molecule has 4 heteroatoms. The molecular weight excluding hydrogens is 609 g/mol. The number of thiazole rings is 1. The molecule has 0 radical (unpaired) electrons. The van der Waals surface area contributed by atoms with Crippen LogP contribution in [0.4, 0.5) is 17.1 Å². The smallest absolute Gasteiger partial charge is 0.124 e. The van der Waals surface area contributed by atoms with E-state index in [0.717, 1.165) is 27.6 Å². The van der Waals surface area contributed by atoms with Crippen LogP contribution >= 0.6 is 22.7 Å². The van der Waals surface area contributed by atoms with Gasteiger partial charge in [0.15, 0.2) is 0 Å². The van der Waals surface area contributed by atoms with Crippen LogP contribution in [0.1, 0.15) is 0 Å². The number of hydrogen-bond acceptors (Lipinski definition) is 4. The minimum Gasteiger partial charge on any atom is -0.309 e. The van der Waals surface area contributed by atoms with Gasteiger partial charge in [-0.15, -0.1) is 22.7 Å². The summed E-state index contributed by atoms with van der Waals surface area (Å²) in [5.41, 5.74) is 10.6. The number of rotatable bonds is 5. The van der Waals surface area contributed by atoms with Crippen molar-refractivity contribution in [2.24, 2.45) is 0 Å². The minimum atomic E-state index is 1.07. The first-order valence-corrected chi connectivity index (χ1v) is 17.4. The van der Waals surface area contributed by atoms with Crippen molar-refractivity contribution >= 4 is 70.7 Å². The SMILES string of the molecule is c1ccc(-c2cccc(N(c3ccc4c5c(cccc35)-c3nc(-c5ccccc5)sc3-4)c3cccc4sc5ccccc5c34)c2)cc1. The van der Waals surface area contributed by atoms with E-state index in [1.165, 1.54) is 63.8 Å². The van der Waals surface area contributed by atoms with Crippen LogP contribution in [0.3, 0.4) is 0 Å². The van der Waals surface area contributed by atoms with E-state index in [4.69, 9.17) is 4.98 Å². The third kappa shape index (κ3) is 4.12. The van der Waals surface area contributed by atoms with E-state index < -0.39 is 0 Å². The van der Waals surface area contributed by atoms with E-state index in [-0.39, 0.29) is 0 Å². The Hall–Kier alpha value is -5.55. The molecule has 2 heterocycles. The van der Waals surface area contributed by atoms with Gasteiger partial charge in [0.05, 0.1) is 21.9 Å². The monoisotopic (exact) mass is 634 g/mol. The maximum Gasteiger partial charge on any atom is 0.124 e. The molecule has 0 atom stereocenters. The molecule has 2 aromatic heterocycles. The van der Waals surface area contributed by atoms with Gasteiger partial charge in [-0.3, -0.25) is 0 Å². The lowest BCUT2D eigenvalue weighted by molar-refractivity contribution is 1.32. The quantitative estimate of drug-likeness (QED) is 0.187. The third-order valence-electron chi connectivity index (χ3n) is 9.24. The van der Waals surface area contributed by atoms with Crippen molar-refractivity contribution in [1.82, 2.24) is 4.98 Å². The Labute approximate surface area is 280 Å². The summed E-state index contributed by atoms with van der Waals surface area (Å²) >= 11 is 3.65. The van der Waals surface area contributed by atoms with Gasteiger partial charge in [0, 0.05) is 53.3 Å². The molecule has 0 saturated heterocycles. The molecule has 1 aliphatic carbocycles. The summed E-state index contributed by atoms with van der Waals surface area (Å²) < 4.78 is 2.59. The highest BCUT2D eigenvalue weighted by Gasteiger charge is 2.29. The van der Waals surface area contributed by atoms with E-state index in [9.17, 15) is 0 Å². The van der Waals surface area contributed by atoms with Gasteiger partial charge in [0.1, 0.15) is 5.01 Å². The zero-order valence-electron chi connectivity index (χ0n) is 25.2. The summed E-state index contributed by atoms with van der Waals surface area (Å²) in [6.45, 7) is 0. The molecule has 0 fully saturated rings. The molecule has 0 saturated carbocycles. The number of thiophene rings is 1.